The van der Waals surface area contributed by atoms with Crippen LogP contribution in [-0.4, -0.2) is 62.6 Å². The number of aryl methyl sites for hydroxylation is 1. The molecule has 0 aliphatic carbocycles. The van der Waals surface area contributed by atoms with E-state index in [0.29, 0.717) is 62.9 Å². The number of carbonyl (C=O) groups is 1. The molecule has 2 aromatic carbocycles. The molecule has 1 fully saturated rings. The molecule has 1 atom stereocenters. The number of carbonyl (C=O) groups excluding carboxylic acids is 1. The molecule has 8 nitrogen and oxygen atoms in total. The Morgan fingerprint density at radius 2 is 1.89 bits per heavy atom. The number of hydrogen-bond donors (Lipinski definition) is 0. The second-order valence-corrected chi connectivity index (χ2v) is 10.7. The maximum absolute atomic E-state index is 13.1. The molecule has 1 saturated heterocycles. The molecule has 0 amide bonds. The molecule has 0 spiro atoms. The quantitative estimate of drug-likeness (QED) is 0.388. The predicted molar refractivity (Wildman–Crippen MR) is 136 cm³/mol. The van der Waals surface area contributed by atoms with Crippen molar-refractivity contribution in [2.75, 3.05) is 33.4 Å². The van der Waals surface area contributed by atoms with Crippen molar-refractivity contribution in [3.8, 4) is 11.5 Å². The molecule has 1 aromatic heterocycles. The molecule has 1 unspecified atom stereocenters. The van der Waals surface area contributed by atoms with Crippen LogP contribution in [0.4, 0.5) is 0 Å². The van der Waals surface area contributed by atoms with Crippen LogP contribution in [0.1, 0.15) is 24.6 Å². The first kappa shape index (κ1) is 25.9. The number of hydrogen-bond acceptors (Lipinski definition) is 7. The zero-order valence-electron chi connectivity index (χ0n) is 20.6. The van der Waals surface area contributed by atoms with Crippen molar-refractivity contribution in [1.82, 2.24) is 8.87 Å². The van der Waals surface area contributed by atoms with Crippen LogP contribution >= 0.6 is 0 Å². The van der Waals surface area contributed by atoms with Gasteiger partial charge < -0.3 is 19.0 Å². The molecule has 0 N–H and O–H groups in total. The fourth-order valence-electron chi connectivity index (χ4n) is 4.21. The van der Waals surface area contributed by atoms with Gasteiger partial charge in [0.2, 0.25) is 0 Å². The number of benzene rings is 2. The topological polar surface area (TPSA) is 87.1 Å². The van der Waals surface area contributed by atoms with E-state index in [-0.39, 0.29) is 16.8 Å². The molecule has 36 heavy (non-hydrogen) atoms. The minimum atomic E-state index is -3.66. The lowest BCUT2D eigenvalue weighted by Crippen LogP contribution is -2.44. The lowest BCUT2D eigenvalue weighted by Gasteiger charge is -2.33. The van der Waals surface area contributed by atoms with E-state index < -0.39 is 10.0 Å². The molecule has 3 aromatic rings. The van der Waals surface area contributed by atoms with Gasteiger partial charge in [-0.1, -0.05) is 24.3 Å². The maximum atomic E-state index is 13.1. The first-order valence-corrected chi connectivity index (χ1v) is 13.4. The SMILES string of the molecule is COc1cc(CCC(C)=O)ccc1OCC1CN(Cc2cccn2S(=O)(=O)c2ccccc2)CCO1. The summed E-state index contributed by atoms with van der Waals surface area (Å²) in [6.07, 6.45) is 2.57. The summed E-state index contributed by atoms with van der Waals surface area (Å²) < 4.78 is 45.0. The number of morpholine rings is 1. The number of ketones is 1. The average Bonchev–Trinajstić information content (AvgIpc) is 3.36. The molecular weight excluding hydrogens is 480 g/mol. The Labute approximate surface area is 212 Å². The normalized spacial score (nSPS) is 16.6. The lowest BCUT2D eigenvalue weighted by atomic mass is 10.1. The molecule has 4 rings (SSSR count). The average molecular weight is 513 g/mol. The third kappa shape index (κ3) is 6.34. The first-order valence-electron chi connectivity index (χ1n) is 12.0. The fraction of sp³-hybridized carbons (Fsp3) is 0.370. The first-order chi connectivity index (χ1) is 17.4. The van der Waals surface area contributed by atoms with E-state index in [1.54, 1.807) is 56.6 Å². The summed E-state index contributed by atoms with van der Waals surface area (Å²) in [6.45, 7) is 4.23. The van der Waals surface area contributed by atoms with E-state index >= 15 is 0 Å². The van der Waals surface area contributed by atoms with E-state index in [2.05, 4.69) is 4.90 Å². The molecule has 0 bridgehead atoms. The van der Waals surface area contributed by atoms with Gasteiger partial charge in [0, 0.05) is 37.9 Å². The van der Waals surface area contributed by atoms with Crippen LogP contribution in [0, 0.1) is 0 Å². The Morgan fingerprint density at radius 3 is 2.64 bits per heavy atom. The molecule has 1 aliphatic rings. The van der Waals surface area contributed by atoms with Gasteiger partial charge in [-0.05, 0) is 55.3 Å². The maximum Gasteiger partial charge on any atom is 0.267 e. The summed E-state index contributed by atoms with van der Waals surface area (Å²) in [5.41, 5.74) is 1.71. The summed E-state index contributed by atoms with van der Waals surface area (Å²) in [6, 6.07) is 17.7. The number of nitrogens with zero attached hydrogens (tertiary/aromatic N) is 2. The van der Waals surface area contributed by atoms with Gasteiger partial charge in [-0.25, -0.2) is 12.4 Å². The van der Waals surface area contributed by atoms with Gasteiger partial charge in [-0.3, -0.25) is 4.90 Å². The highest BCUT2D eigenvalue weighted by Gasteiger charge is 2.25. The van der Waals surface area contributed by atoms with Crippen LogP contribution in [0.3, 0.4) is 0 Å². The van der Waals surface area contributed by atoms with Crippen molar-refractivity contribution in [3.05, 3.63) is 78.1 Å². The Bertz CT molecular complexity index is 1270. The van der Waals surface area contributed by atoms with Gasteiger partial charge in [0.05, 0.1) is 18.6 Å². The minimum Gasteiger partial charge on any atom is -0.493 e. The molecule has 192 valence electrons. The zero-order valence-corrected chi connectivity index (χ0v) is 21.4. The van der Waals surface area contributed by atoms with Gasteiger partial charge in [-0.2, -0.15) is 0 Å². The third-order valence-electron chi connectivity index (χ3n) is 6.12. The number of rotatable bonds is 11. The van der Waals surface area contributed by atoms with E-state index in [0.717, 1.165) is 5.56 Å². The summed E-state index contributed by atoms with van der Waals surface area (Å²) >= 11 is 0. The van der Waals surface area contributed by atoms with E-state index in [4.69, 9.17) is 14.2 Å². The van der Waals surface area contributed by atoms with E-state index in [1.807, 2.05) is 24.3 Å². The largest absolute Gasteiger partial charge is 0.493 e. The minimum absolute atomic E-state index is 0.151. The van der Waals surface area contributed by atoms with Crippen LogP contribution in [0.15, 0.2) is 71.8 Å². The van der Waals surface area contributed by atoms with Crippen molar-refractivity contribution >= 4 is 15.8 Å². The van der Waals surface area contributed by atoms with Crippen molar-refractivity contribution in [2.24, 2.45) is 0 Å². The number of methoxy groups -OCH3 is 1. The highest BCUT2D eigenvalue weighted by atomic mass is 32.2. The van der Waals surface area contributed by atoms with Crippen LogP contribution in [0.25, 0.3) is 0 Å². The van der Waals surface area contributed by atoms with Crippen LogP contribution in [-0.2, 0) is 32.5 Å². The van der Waals surface area contributed by atoms with Crippen molar-refractivity contribution in [1.29, 1.82) is 0 Å². The standard InChI is InChI=1S/C27H32N2O6S/c1-21(30)10-11-22-12-13-26(27(17-22)33-2)35-20-24-19-28(15-16-34-24)18-23-7-6-14-29(23)36(31,32)25-8-4-3-5-9-25/h3-9,12-14,17,24H,10-11,15-16,18-20H2,1-2H3. The molecule has 0 saturated carbocycles. The van der Waals surface area contributed by atoms with Gasteiger partial charge in [0.15, 0.2) is 11.5 Å². The highest BCUT2D eigenvalue weighted by molar-refractivity contribution is 7.90. The zero-order chi connectivity index (χ0) is 25.5. The van der Waals surface area contributed by atoms with Gasteiger partial charge in [0.1, 0.15) is 18.5 Å². The Morgan fingerprint density at radius 1 is 1.08 bits per heavy atom. The Hall–Kier alpha value is -3.14. The van der Waals surface area contributed by atoms with E-state index in [9.17, 15) is 13.2 Å². The Balaban J connectivity index is 1.37. The molecular formula is C27H32N2O6S. The number of ether oxygens (including phenoxy) is 3. The van der Waals surface area contributed by atoms with Gasteiger partial charge >= 0.3 is 0 Å². The third-order valence-corrected chi connectivity index (χ3v) is 7.86. The summed E-state index contributed by atoms with van der Waals surface area (Å²) in [4.78, 5) is 13.7. The van der Waals surface area contributed by atoms with Crippen molar-refractivity contribution in [2.45, 2.75) is 37.3 Å². The van der Waals surface area contributed by atoms with Gasteiger partial charge in [-0.15, -0.1) is 0 Å². The van der Waals surface area contributed by atoms with Crippen molar-refractivity contribution in [3.63, 3.8) is 0 Å². The summed E-state index contributed by atoms with van der Waals surface area (Å²) in [7, 11) is -2.06. The number of Topliss-reactive ketones (excluding diaryl/α,β-unsaturated/α-hetero) is 1. The second-order valence-electron chi connectivity index (χ2n) is 8.84. The molecule has 9 heteroatoms. The summed E-state index contributed by atoms with van der Waals surface area (Å²) in [5.74, 6) is 1.39. The smallest absolute Gasteiger partial charge is 0.267 e. The van der Waals surface area contributed by atoms with Crippen molar-refractivity contribution < 1.29 is 27.4 Å². The number of aromatic nitrogens is 1. The van der Waals surface area contributed by atoms with Crippen LogP contribution in [0.5, 0.6) is 11.5 Å². The van der Waals surface area contributed by atoms with E-state index in [1.165, 1.54) is 3.97 Å². The summed E-state index contributed by atoms with van der Waals surface area (Å²) in [5, 5.41) is 0. The van der Waals surface area contributed by atoms with Crippen LogP contribution in [0.2, 0.25) is 0 Å². The monoisotopic (exact) mass is 512 g/mol. The second kappa shape index (κ2) is 11.7. The molecule has 1 aliphatic heterocycles. The van der Waals surface area contributed by atoms with Crippen LogP contribution < -0.4 is 9.47 Å². The Kier molecular flexibility index (Phi) is 8.45. The predicted octanol–water partition coefficient (Wildman–Crippen LogP) is 3.54. The lowest BCUT2D eigenvalue weighted by molar-refractivity contribution is -0.116. The molecule has 0 radical (unpaired) electrons. The highest BCUT2D eigenvalue weighted by Crippen LogP contribution is 2.29. The molecule has 2 heterocycles. The van der Waals surface area contributed by atoms with Gasteiger partial charge in [0.25, 0.3) is 10.0 Å². The fourth-order valence-corrected chi connectivity index (χ4v) is 5.59.